The van der Waals surface area contributed by atoms with E-state index in [1.165, 1.54) is 12.8 Å². The van der Waals surface area contributed by atoms with Gasteiger partial charge in [0.25, 0.3) is 0 Å². The summed E-state index contributed by atoms with van der Waals surface area (Å²) < 4.78 is 0. The molecule has 0 rings (SSSR count). The van der Waals surface area contributed by atoms with Gasteiger partial charge < -0.3 is 5.11 Å². The monoisotopic (exact) mass is 238 g/mol. The molecule has 0 aliphatic rings. The van der Waals surface area contributed by atoms with Gasteiger partial charge in [0.2, 0.25) is 0 Å². The van der Waals surface area contributed by atoms with Gasteiger partial charge in [0, 0.05) is 5.41 Å². The average molecular weight is 238 g/mol. The van der Waals surface area contributed by atoms with Crippen molar-refractivity contribution in [2.75, 3.05) is 0 Å². The van der Waals surface area contributed by atoms with Crippen LogP contribution in [-0.4, -0.2) is 11.2 Å². The molecule has 0 aliphatic carbocycles. The van der Waals surface area contributed by atoms with E-state index in [1.54, 1.807) is 0 Å². The molecule has 0 aliphatic heterocycles. The summed E-state index contributed by atoms with van der Waals surface area (Å²) in [7, 11) is 0. The zero-order chi connectivity index (χ0) is 13.7. The largest absolute Gasteiger partial charge is 0.393 e. The summed E-state index contributed by atoms with van der Waals surface area (Å²) in [6.07, 6.45) is 9.84. The number of hydrogen-bond acceptors (Lipinski definition) is 1. The fourth-order valence-electron chi connectivity index (χ4n) is 2.48. The van der Waals surface area contributed by atoms with Crippen LogP contribution in [0.2, 0.25) is 0 Å². The van der Waals surface area contributed by atoms with Gasteiger partial charge in [0.1, 0.15) is 0 Å². The van der Waals surface area contributed by atoms with Crippen LogP contribution in [0.5, 0.6) is 0 Å². The highest BCUT2D eigenvalue weighted by atomic mass is 16.3. The first-order chi connectivity index (χ1) is 7.59. The van der Waals surface area contributed by atoms with Crippen LogP contribution in [0.25, 0.3) is 0 Å². The molecule has 100 valence electrons. The first kappa shape index (κ1) is 16.5. The highest BCUT2D eigenvalue weighted by Crippen LogP contribution is 2.37. The second kappa shape index (κ2) is 6.45. The van der Waals surface area contributed by atoms with Crippen molar-refractivity contribution in [3.8, 4) is 12.3 Å². The van der Waals surface area contributed by atoms with Gasteiger partial charge in [-0.25, -0.2) is 0 Å². The van der Waals surface area contributed by atoms with Gasteiger partial charge in [0.15, 0.2) is 0 Å². The van der Waals surface area contributed by atoms with Gasteiger partial charge in [-0.1, -0.05) is 27.2 Å². The molecule has 17 heavy (non-hydrogen) atoms. The lowest BCUT2D eigenvalue weighted by Crippen LogP contribution is -2.22. The second-order valence-electron chi connectivity index (χ2n) is 6.98. The molecule has 2 atom stereocenters. The van der Waals surface area contributed by atoms with Crippen LogP contribution >= 0.6 is 0 Å². The summed E-state index contributed by atoms with van der Waals surface area (Å²) in [5, 5.41) is 9.45. The Morgan fingerprint density at radius 2 is 1.71 bits per heavy atom. The summed E-state index contributed by atoms with van der Waals surface area (Å²) in [5.74, 6) is 3.27. The summed E-state index contributed by atoms with van der Waals surface area (Å²) in [4.78, 5) is 0. The SMILES string of the molecule is C#CC(C)(C)CC(C)(C)CCCC(C)C(C)O. The molecule has 2 unspecified atom stereocenters. The Labute approximate surface area is 108 Å². The lowest BCUT2D eigenvalue weighted by Gasteiger charge is -2.32. The minimum absolute atomic E-state index is 0.0145. The van der Waals surface area contributed by atoms with E-state index in [2.05, 4.69) is 40.5 Å². The third-order valence-corrected chi connectivity index (χ3v) is 3.65. The second-order valence-corrected chi connectivity index (χ2v) is 6.98. The van der Waals surface area contributed by atoms with Crippen molar-refractivity contribution in [1.29, 1.82) is 0 Å². The van der Waals surface area contributed by atoms with Gasteiger partial charge >= 0.3 is 0 Å². The molecule has 0 aromatic heterocycles. The molecule has 0 saturated heterocycles. The zero-order valence-corrected chi connectivity index (χ0v) is 12.5. The van der Waals surface area contributed by atoms with Crippen LogP contribution in [0.3, 0.4) is 0 Å². The Bertz CT molecular complexity index is 255. The topological polar surface area (TPSA) is 20.2 Å². The maximum absolute atomic E-state index is 9.45. The summed E-state index contributed by atoms with van der Waals surface area (Å²) in [6, 6.07) is 0. The van der Waals surface area contributed by atoms with Crippen molar-refractivity contribution in [3.63, 3.8) is 0 Å². The van der Waals surface area contributed by atoms with Crippen LogP contribution in [0.1, 0.15) is 67.2 Å². The molecule has 1 heteroatoms. The highest BCUT2D eigenvalue weighted by Gasteiger charge is 2.27. The molecule has 0 bridgehead atoms. The van der Waals surface area contributed by atoms with Crippen LogP contribution in [-0.2, 0) is 0 Å². The Balaban J connectivity index is 4.07. The van der Waals surface area contributed by atoms with Gasteiger partial charge in [-0.3, -0.25) is 0 Å². The quantitative estimate of drug-likeness (QED) is 0.657. The lowest BCUT2D eigenvalue weighted by molar-refractivity contribution is 0.123. The highest BCUT2D eigenvalue weighted by molar-refractivity contribution is 5.02. The minimum atomic E-state index is -0.194. The standard InChI is InChI=1S/C16H30O/c1-8-15(4,5)12-16(6,7)11-9-10-13(2)14(3)17/h1,13-14,17H,9-12H2,2-7H3. The van der Waals surface area contributed by atoms with E-state index < -0.39 is 0 Å². The van der Waals surface area contributed by atoms with Gasteiger partial charge in [-0.05, 0) is 51.4 Å². The van der Waals surface area contributed by atoms with Gasteiger partial charge in [0.05, 0.1) is 6.10 Å². The molecule has 0 saturated carbocycles. The molecular formula is C16H30O. The molecular weight excluding hydrogens is 208 g/mol. The molecule has 0 radical (unpaired) electrons. The fraction of sp³-hybridized carbons (Fsp3) is 0.875. The third-order valence-electron chi connectivity index (χ3n) is 3.65. The molecule has 1 N–H and O–H groups in total. The van der Waals surface area contributed by atoms with Crippen LogP contribution in [0.4, 0.5) is 0 Å². The van der Waals surface area contributed by atoms with Crippen molar-refractivity contribution in [1.82, 2.24) is 0 Å². The first-order valence-electron chi connectivity index (χ1n) is 6.75. The van der Waals surface area contributed by atoms with Crippen molar-refractivity contribution < 1.29 is 5.11 Å². The van der Waals surface area contributed by atoms with Crippen LogP contribution in [0.15, 0.2) is 0 Å². The van der Waals surface area contributed by atoms with E-state index in [0.29, 0.717) is 5.92 Å². The summed E-state index contributed by atoms with van der Waals surface area (Å²) >= 11 is 0. The fourth-order valence-corrected chi connectivity index (χ4v) is 2.48. The van der Waals surface area contributed by atoms with Crippen molar-refractivity contribution in [2.24, 2.45) is 16.7 Å². The predicted octanol–water partition coefficient (Wildman–Crippen LogP) is 4.25. The number of aliphatic hydroxyl groups excluding tert-OH is 1. The molecule has 0 aromatic rings. The van der Waals surface area contributed by atoms with E-state index in [-0.39, 0.29) is 16.9 Å². The normalized spacial score (nSPS) is 16.4. The Hall–Kier alpha value is -0.480. The van der Waals surface area contributed by atoms with E-state index in [4.69, 9.17) is 6.42 Å². The molecule has 0 amide bonds. The zero-order valence-electron chi connectivity index (χ0n) is 12.5. The average Bonchev–Trinajstić information content (AvgIpc) is 2.15. The predicted molar refractivity (Wildman–Crippen MR) is 75.7 cm³/mol. The van der Waals surface area contributed by atoms with Crippen LogP contribution < -0.4 is 0 Å². The van der Waals surface area contributed by atoms with Gasteiger partial charge in [-0.15, -0.1) is 12.3 Å². The molecule has 0 aromatic carbocycles. The molecule has 1 nitrogen and oxygen atoms in total. The Kier molecular flexibility index (Phi) is 6.27. The van der Waals surface area contributed by atoms with Crippen LogP contribution in [0, 0.1) is 29.1 Å². The van der Waals surface area contributed by atoms with E-state index in [1.807, 2.05) is 6.92 Å². The smallest absolute Gasteiger partial charge is 0.0537 e. The van der Waals surface area contributed by atoms with E-state index >= 15 is 0 Å². The van der Waals surface area contributed by atoms with E-state index in [0.717, 1.165) is 12.8 Å². The van der Waals surface area contributed by atoms with Crippen molar-refractivity contribution in [2.45, 2.75) is 73.3 Å². The number of rotatable bonds is 7. The summed E-state index contributed by atoms with van der Waals surface area (Å²) in [5.41, 5.74) is 0.271. The molecule has 0 heterocycles. The van der Waals surface area contributed by atoms with Crippen molar-refractivity contribution in [3.05, 3.63) is 0 Å². The summed E-state index contributed by atoms with van der Waals surface area (Å²) in [6.45, 7) is 12.8. The number of terminal acetylenes is 1. The first-order valence-corrected chi connectivity index (χ1v) is 6.75. The Morgan fingerprint density at radius 1 is 1.18 bits per heavy atom. The maximum Gasteiger partial charge on any atom is 0.0537 e. The van der Waals surface area contributed by atoms with Crippen molar-refractivity contribution >= 4 is 0 Å². The van der Waals surface area contributed by atoms with E-state index in [9.17, 15) is 5.11 Å². The number of hydrogen-bond donors (Lipinski definition) is 1. The molecule has 0 spiro atoms. The number of aliphatic hydroxyl groups is 1. The van der Waals surface area contributed by atoms with Gasteiger partial charge in [-0.2, -0.15) is 0 Å². The Morgan fingerprint density at radius 3 is 2.12 bits per heavy atom. The molecule has 0 fully saturated rings. The third kappa shape index (κ3) is 7.45. The minimum Gasteiger partial charge on any atom is -0.393 e. The lowest BCUT2D eigenvalue weighted by atomic mass is 9.73. The maximum atomic E-state index is 9.45.